The van der Waals surface area contributed by atoms with Gasteiger partial charge in [-0.2, -0.15) is 0 Å². The van der Waals surface area contributed by atoms with Crippen LogP contribution in [0.1, 0.15) is 24.0 Å². The lowest BCUT2D eigenvalue weighted by Gasteiger charge is -2.13. The first-order valence-electron chi connectivity index (χ1n) is 8.74. The van der Waals surface area contributed by atoms with Crippen molar-refractivity contribution in [3.8, 4) is 28.7 Å². The lowest BCUT2D eigenvalue weighted by atomic mass is 10.1. The van der Waals surface area contributed by atoms with Crippen LogP contribution < -0.4 is 14.2 Å². The summed E-state index contributed by atoms with van der Waals surface area (Å²) in [6, 6.07) is 8.06. The molecule has 0 aromatic heterocycles. The molecule has 0 radical (unpaired) electrons. The number of carbonyl (C=O) groups is 1. The van der Waals surface area contributed by atoms with Gasteiger partial charge in [-0.3, -0.25) is 4.79 Å². The first kappa shape index (κ1) is 19.4. The van der Waals surface area contributed by atoms with Crippen molar-refractivity contribution in [1.82, 2.24) is 0 Å². The zero-order valence-corrected chi connectivity index (χ0v) is 16.0. The zero-order valence-electron chi connectivity index (χ0n) is 16.0. The van der Waals surface area contributed by atoms with Gasteiger partial charge in [0.25, 0.3) is 0 Å². The Balaban J connectivity index is 1.91. The topological polar surface area (TPSA) is 85.2 Å². The number of hydrogen-bond acceptors (Lipinski definition) is 6. The minimum atomic E-state index is -0.215. The van der Waals surface area contributed by atoms with E-state index >= 15 is 0 Å². The van der Waals surface area contributed by atoms with E-state index in [2.05, 4.69) is 0 Å². The van der Waals surface area contributed by atoms with Crippen molar-refractivity contribution in [2.24, 2.45) is 0 Å². The number of phenols is 2. The Hall–Kier alpha value is -3.41. The summed E-state index contributed by atoms with van der Waals surface area (Å²) in [4.78, 5) is 12.8. The summed E-state index contributed by atoms with van der Waals surface area (Å²) in [6.07, 6.45) is 4.78. The number of rotatable bonds is 5. The third-order valence-electron chi connectivity index (χ3n) is 4.62. The van der Waals surface area contributed by atoms with Gasteiger partial charge >= 0.3 is 0 Å². The van der Waals surface area contributed by atoms with Crippen LogP contribution in [0, 0.1) is 0 Å². The fourth-order valence-electron chi connectivity index (χ4n) is 3.20. The Morgan fingerprint density at radius 1 is 0.786 bits per heavy atom. The molecule has 3 rings (SSSR count). The van der Waals surface area contributed by atoms with Crippen molar-refractivity contribution in [2.45, 2.75) is 12.8 Å². The average Bonchev–Trinajstić information content (AvgIpc) is 3.03. The molecule has 1 saturated carbocycles. The Kier molecular flexibility index (Phi) is 5.59. The molecule has 1 aliphatic rings. The summed E-state index contributed by atoms with van der Waals surface area (Å²) in [5.41, 5.74) is 2.78. The van der Waals surface area contributed by atoms with Crippen LogP contribution in [0.2, 0.25) is 0 Å². The summed E-state index contributed by atoms with van der Waals surface area (Å²) in [7, 11) is 4.63. The molecule has 0 aliphatic heterocycles. The predicted molar refractivity (Wildman–Crippen MR) is 106 cm³/mol. The highest BCUT2D eigenvalue weighted by Crippen LogP contribution is 2.39. The van der Waals surface area contributed by atoms with Crippen molar-refractivity contribution in [1.29, 1.82) is 0 Å². The Morgan fingerprint density at radius 3 is 1.86 bits per heavy atom. The van der Waals surface area contributed by atoms with Gasteiger partial charge in [0, 0.05) is 11.1 Å². The fourth-order valence-corrected chi connectivity index (χ4v) is 3.20. The Bertz CT molecular complexity index is 946. The molecule has 0 atom stereocenters. The van der Waals surface area contributed by atoms with Gasteiger partial charge in [-0.1, -0.05) is 6.07 Å². The normalized spacial score (nSPS) is 16.6. The molecule has 1 fully saturated rings. The summed E-state index contributed by atoms with van der Waals surface area (Å²) in [6.45, 7) is 0. The maximum Gasteiger partial charge on any atom is 0.203 e. The number of methoxy groups -OCH3 is 3. The zero-order chi connectivity index (χ0) is 20.3. The van der Waals surface area contributed by atoms with E-state index in [1.165, 1.54) is 19.2 Å². The van der Waals surface area contributed by atoms with Gasteiger partial charge in [0.2, 0.25) is 5.75 Å². The van der Waals surface area contributed by atoms with Crippen LogP contribution in [0.15, 0.2) is 41.5 Å². The van der Waals surface area contributed by atoms with Crippen molar-refractivity contribution < 1.29 is 29.2 Å². The van der Waals surface area contributed by atoms with E-state index in [-0.39, 0.29) is 17.3 Å². The van der Waals surface area contributed by atoms with Crippen LogP contribution >= 0.6 is 0 Å². The molecule has 0 amide bonds. The quantitative estimate of drug-likeness (QED) is 0.602. The molecule has 0 bridgehead atoms. The van der Waals surface area contributed by atoms with E-state index in [1.807, 2.05) is 6.08 Å². The van der Waals surface area contributed by atoms with Gasteiger partial charge in [0.1, 0.15) is 0 Å². The van der Waals surface area contributed by atoms with E-state index < -0.39 is 0 Å². The molecule has 2 N–H and O–H groups in total. The molecule has 0 saturated heterocycles. The minimum Gasteiger partial charge on any atom is -0.504 e. The first-order valence-corrected chi connectivity index (χ1v) is 8.74. The monoisotopic (exact) mass is 382 g/mol. The van der Waals surface area contributed by atoms with Gasteiger partial charge in [-0.25, -0.2) is 0 Å². The predicted octanol–water partition coefficient (Wildman–Crippen LogP) is 3.95. The van der Waals surface area contributed by atoms with Crippen LogP contribution in [-0.4, -0.2) is 37.3 Å². The molecule has 2 aromatic rings. The second kappa shape index (κ2) is 8.08. The smallest absolute Gasteiger partial charge is 0.203 e. The largest absolute Gasteiger partial charge is 0.504 e. The van der Waals surface area contributed by atoms with Crippen molar-refractivity contribution in [3.63, 3.8) is 0 Å². The molecule has 1 aliphatic carbocycles. The number of carbonyl (C=O) groups excluding carboxylic acids is 1. The minimum absolute atomic E-state index is 0.0404. The summed E-state index contributed by atoms with van der Waals surface area (Å²) in [5, 5.41) is 19.0. The standard InChI is InChI=1S/C22H22O6/c1-26-19-11-14(12-20(27-2)22(19)28-3)9-16-6-5-15(21(16)25)8-13-4-7-17(23)18(24)10-13/h4,7-12,23-24H,5-6H2,1-3H3/b15-8+,16-9+. The third kappa shape index (κ3) is 3.81. The van der Waals surface area contributed by atoms with E-state index in [0.29, 0.717) is 46.8 Å². The number of aromatic hydroxyl groups is 2. The number of phenolic OH excluding ortho intramolecular Hbond substituents is 2. The summed E-state index contributed by atoms with van der Waals surface area (Å²) in [5.74, 6) is 1.10. The van der Waals surface area contributed by atoms with Crippen LogP contribution in [-0.2, 0) is 4.79 Å². The van der Waals surface area contributed by atoms with Gasteiger partial charge in [0.05, 0.1) is 21.3 Å². The molecule has 0 heterocycles. The fraction of sp³-hybridized carbons (Fsp3) is 0.227. The van der Waals surface area contributed by atoms with Crippen molar-refractivity contribution >= 4 is 17.9 Å². The number of Topliss-reactive ketones (excluding diaryl/α,β-unsaturated/α-hetero) is 1. The van der Waals surface area contributed by atoms with Crippen LogP contribution in [0.4, 0.5) is 0 Å². The Morgan fingerprint density at radius 2 is 1.36 bits per heavy atom. The lowest BCUT2D eigenvalue weighted by Crippen LogP contribution is -1.97. The number of ether oxygens (including phenoxy) is 3. The van der Waals surface area contributed by atoms with E-state index in [4.69, 9.17) is 14.2 Å². The van der Waals surface area contributed by atoms with Gasteiger partial charge < -0.3 is 24.4 Å². The highest BCUT2D eigenvalue weighted by molar-refractivity contribution is 6.15. The first-order chi connectivity index (χ1) is 13.5. The van der Waals surface area contributed by atoms with Gasteiger partial charge in [-0.15, -0.1) is 0 Å². The molecule has 6 heteroatoms. The maximum absolute atomic E-state index is 12.8. The van der Waals surface area contributed by atoms with E-state index in [9.17, 15) is 15.0 Å². The molecule has 28 heavy (non-hydrogen) atoms. The average molecular weight is 382 g/mol. The second-order valence-corrected chi connectivity index (χ2v) is 6.38. The lowest BCUT2D eigenvalue weighted by molar-refractivity contribution is -0.111. The molecule has 0 unspecified atom stereocenters. The highest BCUT2D eigenvalue weighted by Gasteiger charge is 2.23. The molecule has 6 nitrogen and oxygen atoms in total. The number of ketones is 1. The summed E-state index contributed by atoms with van der Waals surface area (Å²) < 4.78 is 16.0. The van der Waals surface area contributed by atoms with E-state index in [1.54, 1.807) is 38.5 Å². The molecular weight excluding hydrogens is 360 g/mol. The van der Waals surface area contributed by atoms with Crippen molar-refractivity contribution in [3.05, 3.63) is 52.6 Å². The molecule has 0 spiro atoms. The van der Waals surface area contributed by atoms with Crippen LogP contribution in [0.25, 0.3) is 12.2 Å². The number of allylic oxidation sites excluding steroid dienone is 2. The number of hydrogen-bond donors (Lipinski definition) is 2. The highest BCUT2D eigenvalue weighted by atomic mass is 16.5. The van der Waals surface area contributed by atoms with E-state index in [0.717, 1.165) is 5.56 Å². The van der Waals surface area contributed by atoms with Crippen LogP contribution in [0.5, 0.6) is 28.7 Å². The van der Waals surface area contributed by atoms with Crippen molar-refractivity contribution in [2.75, 3.05) is 21.3 Å². The molecule has 146 valence electrons. The van der Waals surface area contributed by atoms with Crippen LogP contribution in [0.3, 0.4) is 0 Å². The number of benzene rings is 2. The van der Waals surface area contributed by atoms with Gasteiger partial charge in [-0.05, 0) is 60.4 Å². The second-order valence-electron chi connectivity index (χ2n) is 6.38. The van der Waals surface area contributed by atoms with Gasteiger partial charge in [0.15, 0.2) is 28.8 Å². The maximum atomic E-state index is 12.8. The third-order valence-corrected chi connectivity index (χ3v) is 4.62. The Labute approximate surface area is 163 Å². The SMILES string of the molecule is COc1cc(/C=C2\CC/C(=C\c3ccc(O)c(O)c3)C2=O)cc(OC)c1OC. The summed E-state index contributed by atoms with van der Waals surface area (Å²) >= 11 is 0. The molecular formula is C22H22O6. The molecule has 2 aromatic carbocycles.